The summed E-state index contributed by atoms with van der Waals surface area (Å²) in [6.07, 6.45) is 2.61. The molecule has 0 aliphatic carbocycles. The molecule has 140 valence electrons. The second-order valence-electron chi connectivity index (χ2n) is 7.34. The van der Waals surface area contributed by atoms with Gasteiger partial charge in [-0.05, 0) is 38.0 Å². The lowest BCUT2D eigenvalue weighted by Gasteiger charge is -2.25. The number of hydrogen-bond donors (Lipinski definition) is 1. The Labute approximate surface area is 156 Å². The van der Waals surface area contributed by atoms with E-state index in [-0.39, 0.29) is 5.91 Å². The van der Waals surface area contributed by atoms with E-state index in [4.69, 9.17) is 14.1 Å². The summed E-state index contributed by atoms with van der Waals surface area (Å²) in [4.78, 5) is 27.1. The van der Waals surface area contributed by atoms with Gasteiger partial charge in [0.2, 0.25) is 0 Å². The molecule has 2 aliphatic heterocycles. The van der Waals surface area contributed by atoms with Gasteiger partial charge < -0.3 is 19.0 Å². The zero-order valence-electron chi connectivity index (χ0n) is 15.3. The Morgan fingerprint density at radius 2 is 2.11 bits per heavy atom. The minimum absolute atomic E-state index is 0.0189. The second-order valence-corrected chi connectivity index (χ2v) is 7.34. The highest BCUT2D eigenvalue weighted by atomic mass is 16.5. The average Bonchev–Trinajstić information content (AvgIpc) is 3.29. The molecule has 0 spiro atoms. The summed E-state index contributed by atoms with van der Waals surface area (Å²) in [5, 5.41) is 0. The maximum Gasteiger partial charge on any atom is 0.254 e. The fourth-order valence-electron chi connectivity index (χ4n) is 3.96. The van der Waals surface area contributed by atoms with Gasteiger partial charge in [-0.15, -0.1) is 0 Å². The zero-order valence-corrected chi connectivity index (χ0v) is 15.3. The first kappa shape index (κ1) is 16.5. The highest BCUT2D eigenvalue weighted by Gasteiger charge is 2.29. The third kappa shape index (κ3) is 3.02. The average molecular weight is 366 g/mol. The van der Waals surface area contributed by atoms with Crippen LogP contribution in [-0.2, 0) is 17.7 Å². The molecule has 4 heterocycles. The molecule has 2 aliphatic rings. The normalized spacial score (nSPS) is 18.0. The number of nitrogens with one attached hydrogen (secondary N) is 1. The predicted octanol–water partition coefficient (Wildman–Crippen LogP) is 2.95. The van der Waals surface area contributed by atoms with Gasteiger partial charge in [-0.3, -0.25) is 4.79 Å². The number of benzene rings is 1. The summed E-state index contributed by atoms with van der Waals surface area (Å²) in [5.74, 6) is 2.94. The van der Waals surface area contributed by atoms with E-state index in [0.29, 0.717) is 31.0 Å². The van der Waals surface area contributed by atoms with Crippen molar-refractivity contribution in [2.75, 3.05) is 19.8 Å². The van der Waals surface area contributed by atoms with E-state index < -0.39 is 0 Å². The fraction of sp³-hybridized carbons (Fsp3) is 0.450. The van der Waals surface area contributed by atoms with Crippen LogP contribution in [0.5, 0.6) is 0 Å². The molecule has 0 bridgehead atoms. The van der Waals surface area contributed by atoms with Crippen molar-refractivity contribution in [1.82, 2.24) is 19.9 Å². The van der Waals surface area contributed by atoms with Crippen LogP contribution < -0.4 is 0 Å². The SMILES string of the molecule is Cc1nc2ccc(C(=O)N3CCc4oc(C5CCOCC5)nc4C3)cc2[nH]1. The van der Waals surface area contributed by atoms with E-state index in [1.165, 1.54) is 0 Å². The fourth-order valence-corrected chi connectivity index (χ4v) is 3.96. The number of carbonyl (C=O) groups is 1. The quantitative estimate of drug-likeness (QED) is 0.754. The Morgan fingerprint density at radius 1 is 1.26 bits per heavy atom. The van der Waals surface area contributed by atoms with E-state index >= 15 is 0 Å². The van der Waals surface area contributed by atoms with Crippen molar-refractivity contribution in [3.8, 4) is 0 Å². The lowest BCUT2D eigenvalue weighted by molar-refractivity contribution is 0.0726. The molecule has 1 N–H and O–H groups in total. The van der Waals surface area contributed by atoms with Crippen molar-refractivity contribution in [3.63, 3.8) is 0 Å². The molecule has 1 amide bonds. The highest BCUT2D eigenvalue weighted by Crippen LogP contribution is 2.30. The van der Waals surface area contributed by atoms with E-state index in [1.54, 1.807) is 0 Å². The summed E-state index contributed by atoms with van der Waals surface area (Å²) >= 11 is 0. The predicted molar refractivity (Wildman–Crippen MR) is 98.6 cm³/mol. The summed E-state index contributed by atoms with van der Waals surface area (Å²) in [5.41, 5.74) is 3.33. The van der Waals surface area contributed by atoms with Crippen LogP contribution in [-0.4, -0.2) is 45.5 Å². The van der Waals surface area contributed by atoms with Gasteiger partial charge in [-0.2, -0.15) is 0 Å². The Hall–Kier alpha value is -2.67. The Morgan fingerprint density at radius 3 is 2.96 bits per heavy atom. The number of carbonyl (C=O) groups excluding carboxylic acids is 1. The van der Waals surface area contributed by atoms with Crippen LogP contribution in [0.2, 0.25) is 0 Å². The van der Waals surface area contributed by atoms with Crippen LogP contribution in [0, 0.1) is 6.92 Å². The van der Waals surface area contributed by atoms with Crippen molar-refractivity contribution < 1.29 is 13.9 Å². The van der Waals surface area contributed by atoms with Crippen LogP contribution in [0.4, 0.5) is 0 Å². The number of oxazole rings is 1. The molecule has 1 saturated heterocycles. The number of amides is 1. The molecular weight excluding hydrogens is 344 g/mol. The number of hydrogen-bond acceptors (Lipinski definition) is 5. The molecule has 7 nitrogen and oxygen atoms in total. The van der Waals surface area contributed by atoms with Crippen LogP contribution >= 0.6 is 0 Å². The standard InChI is InChI=1S/C20H22N4O3/c1-12-21-15-3-2-14(10-16(15)22-12)20(25)24-7-4-18-17(11-24)23-19(27-18)13-5-8-26-9-6-13/h2-3,10,13H,4-9,11H2,1H3,(H,21,22). The van der Waals surface area contributed by atoms with Crippen LogP contribution in [0.1, 0.15) is 52.3 Å². The minimum atomic E-state index is 0.0189. The van der Waals surface area contributed by atoms with Gasteiger partial charge in [-0.1, -0.05) is 0 Å². The summed E-state index contributed by atoms with van der Waals surface area (Å²) < 4.78 is 11.4. The molecule has 0 saturated carbocycles. The molecule has 5 rings (SSSR count). The number of imidazole rings is 1. The number of rotatable bonds is 2. The summed E-state index contributed by atoms with van der Waals surface area (Å²) in [7, 11) is 0. The van der Waals surface area contributed by atoms with Crippen molar-refractivity contribution in [3.05, 3.63) is 46.9 Å². The van der Waals surface area contributed by atoms with E-state index in [9.17, 15) is 4.79 Å². The largest absolute Gasteiger partial charge is 0.445 e. The van der Waals surface area contributed by atoms with Crippen molar-refractivity contribution >= 4 is 16.9 Å². The molecule has 0 atom stereocenters. The van der Waals surface area contributed by atoms with Crippen LogP contribution in [0.3, 0.4) is 0 Å². The van der Waals surface area contributed by atoms with Gasteiger partial charge in [0.15, 0.2) is 5.89 Å². The van der Waals surface area contributed by atoms with E-state index in [2.05, 4.69) is 9.97 Å². The second kappa shape index (κ2) is 6.49. The Kier molecular flexibility index (Phi) is 3.97. The van der Waals surface area contributed by atoms with Gasteiger partial charge in [-0.25, -0.2) is 9.97 Å². The summed E-state index contributed by atoms with van der Waals surface area (Å²) in [6, 6.07) is 5.61. The highest BCUT2D eigenvalue weighted by molar-refractivity contribution is 5.97. The number of ether oxygens (including phenoxy) is 1. The lowest BCUT2D eigenvalue weighted by Crippen LogP contribution is -2.35. The van der Waals surface area contributed by atoms with Gasteiger partial charge in [0.25, 0.3) is 5.91 Å². The maximum absolute atomic E-state index is 13.0. The molecule has 2 aromatic heterocycles. The number of fused-ring (bicyclic) bond motifs is 2. The molecular formula is C20H22N4O3. The zero-order chi connectivity index (χ0) is 18.4. The third-order valence-corrected chi connectivity index (χ3v) is 5.45. The van der Waals surface area contributed by atoms with Gasteiger partial charge in [0.1, 0.15) is 17.3 Å². The van der Waals surface area contributed by atoms with Gasteiger partial charge in [0, 0.05) is 37.7 Å². The van der Waals surface area contributed by atoms with Crippen LogP contribution in [0.25, 0.3) is 11.0 Å². The molecule has 27 heavy (non-hydrogen) atoms. The van der Waals surface area contributed by atoms with Crippen LogP contribution in [0.15, 0.2) is 22.6 Å². The number of H-pyrrole nitrogens is 1. The van der Waals surface area contributed by atoms with E-state index in [1.807, 2.05) is 30.0 Å². The first-order chi connectivity index (χ1) is 13.2. The smallest absolute Gasteiger partial charge is 0.254 e. The third-order valence-electron chi connectivity index (χ3n) is 5.45. The maximum atomic E-state index is 13.0. The first-order valence-electron chi connectivity index (χ1n) is 9.49. The number of aryl methyl sites for hydroxylation is 1. The lowest BCUT2D eigenvalue weighted by atomic mass is 10.0. The number of aromatic nitrogens is 3. The van der Waals surface area contributed by atoms with E-state index in [0.717, 1.165) is 60.3 Å². The molecule has 0 radical (unpaired) electrons. The molecule has 0 unspecified atom stereocenters. The Bertz CT molecular complexity index is 1000. The number of nitrogens with zero attached hydrogens (tertiary/aromatic N) is 3. The van der Waals surface area contributed by atoms with Crippen molar-refractivity contribution in [2.45, 2.75) is 38.6 Å². The summed E-state index contributed by atoms with van der Waals surface area (Å²) in [6.45, 7) is 4.58. The van der Waals surface area contributed by atoms with Crippen molar-refractivity contribution in [1.29, 1.82) is 0 Å². The monoisotopic (exact) mass is 366 g/mol. The number of aromatic amines is 1. The molecule has 3 aromatic rings. The van der Waals surface area contributed by atoms with Gasteiger partial charge >= 0.3 is 0 Å². The molecule has 7 heteroatoms. The minimum Gasteiger partial charge on any atom is -0.445 e. The topological polar surface area (TPSA) is 84.2 Å². The Balaban J connectivity index is 1.36. The molecule has 1 aromatic carbocycles. The van der Waals surface area contributed by atoms with Gasteiger partial charge in [0.05, 0.1) is 17.6 Å². The first-order valence-corrected chi connectivity index (χ1v) is 9.49. The molecule has 1 fully saturated rings. The van der Waals surface area contributed by atoms with Crippen molar-refractivity contribution in [2.24, 2.45) is 0 Å².